The number of hydrogen-bond acceptors (Lipinski definition) is 1. The van der Waals surface area contributed by atoms with E-state index in [1.54, 1.807) is 0 Å². The molecule has 0 saturated carbocycles. The summed E-state index contributed by atoms with van der Waals surface area (Å²) in [5, 5.41) is 3.25. The number of rotatable bonds is 5. The standard InChI is InChI=1S/C12H18N.Tl/c1-7-13-8-12(10(4)5)11(6)9(2)3;/h1,7,13H,2,4,8H2,3,5-6H3;/b7-1?,12-11-;. The summed E-state index contributed by atoms with van der Waals surface area (Å²) in [5.41, 5.74) is 4.73. The van der Waals surface area contributed by atoms with Gasteiger partial charge in [0.1, 0.15) is 0 Å². The molecule has 0 aliphatic heterocycles. The van der Waals surface area contributed by atoms with Crippen LogP contribution >= 0.6 is 0 Å². The molecule has 0 spiro atoms. The van der Waals surface area contributed by atoms with Crippen LogP contribution in [0.3, 0.4) is 0 Å². The first-order valence-corrected chi connectivity index (χ1v) is 7.21. The van der Waals surface area contributed by atoms with Crippen molar-refractivity contribution >= 4 is 25.8 Å². The Balaban J connectivity index is 4.68. The minimum atomic E-state index is 0.844. The van der Waals surface area contributed by atoms with Gasteiger partial charge in [-0.15, -0.1) is 0 Å². The van der Waals surface area contributed by atoms with Gasteiger partial charge in [-0.3, -0.25) is 0 Å². The topological polar surface area (TPSA) is 12.0 Å². The summed E-state index contributed by atoms with van der Waals surface area (Å²) in [5.74, 6) is 0. The molecular weight excluding hydrogens is 363 g/mol. The van der Waals surface area contributed by atoms with E-state index in [1.165, 1.54) is 11.1 Å². The van der Waals surface area contributed by atoms with Crippen LogP contribution in [0.2, 0.25) is 0 Å². The minimum absolute atomic E-state index is 0.844. The predicted molar refractivity (Wildman–Crippen MR) is 65.2 cm³/mol. The summed E-state index contributed by atoms with van der Waals surface area (Å²) in [7, 11) is 0. The molecule has 0 rings (SSSR count). The molecule has 0 aromatic heterocycles. The van der Waals surface area contributed by atoms with Crippen LogP contribution in [-0.4, -0.2) is 32.3 Å². The molecule has 0 bridgehead atoms. The monoisotopic (exact) mass is 381 g/mol. The maximum atomic E-state index is 3.99. The van der Waals surface area contributed by atoms with Crippen LogP contribution < -0.4 is 5.32 Å². The average Bonchev–Trinajstić information content (AvgIpc) is 2.10. The first kappa shape index (κ1) is 13.7. The van der Waals surface area contributed by atoms with E-state index in [0.29, 0.717) is 0 Å². The molecule has 0 unspecified atom stereocenters. The van der Waals surface area contributed by atoms with E-state index in [1.807, 2.05) is 20.0 Å². The summed E-state index contributed by atoms with van der Waals surface area (Å²) in [6.45, 7) is 14.9. The molecule has 74 valence electrons. The van der Waals surface area contributed by atoms with Gasteiger partial charge in [0.25, 0.3) is 0 Å². The van der Waals surface area contributed by atoms with Crippen molar-refractivity contribution < 1.29 is 0 Å². The van der Waals surface area contributed by atoms with Gasteiger partial charge in [0, 0.05) is 0 Å². The molecule has 2 heteroatoms. The Morgan fingerprint density at radius 3 is 2.14 bits per heavy atom. The van der Waals surface area contributed by atoms with E-state index < -0.39 is 0 Å². The van der Waals surface area contributed by atoms with Crippen molar-refractivity contribution in [2.24, 2.45) is 0 Å². The fourth-order valence-corrected chi connectivity index (χ4v) is 1.62. The summed E-state index contributed by atoms with van der Waals surface area (Å²) in [6, 6.07) is 0. The fourth-order valence-electron chi connectivity index (χ4n) is 1.09. The van der Waals surface area contributed by atoms with Gasteiger partial charge in [-0.25, -0.2) is 0 Å². The van der Waals surface area contributed by atoms with Crippen molar-refractivity contribution in [1.82, 2.24) is 5.32 Å². The van der Waals surface area contributed by atoms with Crippen molar-refractivity contribution in [3.05, 3.63) is 45.3 Å². The molecule has 1 N–H and O–H groups in total. The molecular formula is C12H18NTl. The van der Waals surface area contributed by atoms with Crippen molar-refractivity contribution in [2.45, 2.75) is 20.8 Å². The summed E-state index contributed by atoms with van der Waals surface area (Å²) >= 11 is 0.909. The van der Waals surface area contributed by atoms with Gasteiger partial charge in [-0.05, 0) is 0 Å². The molecule has 0 fully saturated rings. The van der Waals surface area contributed by atoms with Gasteiger partial charge in [-0.1, -0.05) is 0 Å². The second kappa shape index (κ2) is 7.04. The van der Waals surface area contributed by atoms with Crippen LogP contribution in [0.1, 0.15) is 20.8 Å². The Hall–Kier alpha value is -0.318. The predicted octanol–water partition coefficient (Wildman–Crippen LogP) is 2.68. The van der Waals surface area contributed by atoms with Crippen LogP contribution in [0.4, 0.5) is 0 Å². The van der Waals surface area contributed by atoms with E-state index in [2.05, 4.69) is 29.0 Å². The van der Waals surface area contributed by atoms with Crippen LogP contribution in [-0.2, 0) is 0 Å². The molecule has 0 heterocycles. The molecule has 1 nitrogen and oxygen atoms in total. The fraction of sp³-hybridized carbons (Fsp3) is 0.333. The molecule has 0 aliphatic rings. The third kappa shape index (κ3) is 4.79. The van der Waals surface area contributed by atoms with Crippen LogP contribution in [0.15, 0.2) is 45.3 Å². The normalized spacial score (nSPS) is 12.4. The Morgan fingerprint density at radius 2 is 1.79 bits per heavy atom. The van der Waals surface area contributed by atoms with Crippen LogP contribution in [0.25, 0.3) is 0 Å². The maximum absolute atomic E-state index is 3.99. The van der Waals surface area contributed by atoms with Crippen molar-refractivity contribution in [3.63, 3.8) is 0 Å². The molecule has 0 aromatic rings. The SMILES string of the molecule is C=C(C)/C(C)=C(/CN/C=[CH]/[Tl])C(=C)C. The van der Waals surface area contributed by atoms with Crippen LogP contribution in [0.5, 0.6) is 0 Å². The van der Waals surface area contributed by atoms with E-state index in [-0.39, 0.29) is 0 Å². The first-order chi connectivity index (χ1) is 6.50. The van der Waals surface area contributed by atoms with Crippen molar-refractivity contribution in [3.8, 4) is 0 Å². The van der Waals surface area contributed by atoms with Gasteiger partial charge in [-0.2, -0.15) is 0 Å². The van der Waals surface area contributed by atoms with E-state index in [9.17, 15) is 0 Å². The Kier molecular flexibility index (Phi) is 6.88. The number of allylic oxidation sites excluding steroid dienone is 2. The van der Waals surface area contributed by atoms with Gasteiger partial charge in [0.05, 0.1) is 0 Å². The van der Waals surface area contributed by atoms with Gasteiger partial charge < -0.3 is 0 Å². The number of nitrogens with one attached hydrogen (secondary N) is 1. The second-order valence-electron chi connectivity index (χ2n) is 3.40. The molecule has 0 amide bonds. The zero-order valence-corrected chi connectivity index (χ0v) is 13.8. The summed E-state index contributed by atoms with van der Waals surface area (Å²) in [6.07, 6.45) is 2.01. The third-order valence-corrected chi connectivity index (χ3v) is 2.85. The van der Waals surface area contributed by atoms with E-state index in [0.717, 1.165) is 43.5 Å². The molecule has 0 saturated heterocycles. The zero-order chi connectivity index (χ0) is 11.1. The number of hydrogen-bond donors (Lipinski definition) is 1. The molecule has 0 atom stereocenters. The molecule has 0 aliphatic carbocycles. The second-order valence-corrected chi connectivity index (χ2v) is 4.90. The van der Waals surface area contributed by atoms with E-state index >= 15 is 0 Å². The van der Waals surface area contributed by atoms with Crippen LogP contribution in [0, 0.1) is 0 Å². The molecule has 0 radical (unpaired) electrons. The Bertz CT molecular complexity index is 285. The summed E-state index contributed by atoms with van der Waals surface area (Å²) in [4.78, 5) is 0. The van der Waals surface area contributed by atoms with E-state index in [4.69, 9.17) is 0 Å². The Labute approximate surface area is 103 Å². The van der Waals surface area contributed by atoms with Gasteiger partial charge in [0.2, 0.25) is 0 Å². The average molecular weight is 381 g/mol. The van der Waals surface area contributed by atoms with Gasteiger partial charge >= 0.3 is 104 Å². The van der Waals surface area contributed by atoms with Crippen molar-refractivity contribution in [2.75, 3.05) is 6.54 Å². The third-order valence-electron chi connectivity index (χ3n) is 2.10. The Morgan fingerprint density at radius 1 is 1.21 bits per heavy atom. The zero-order valence-electron chi connectivity index (χ0n) is 9.35. The molecule has 0 aromatic carbocycles. The molecule has 14 heavy (non-hydrogen) atoms. The first-order valence-electron chi connectivity index (χ1n) is 4.62. The van der Waals surface area contributed by atoms with Gasteiger partial charge in [0.15, 0.2) is 0 Å². The summed E-state index contributed by atoms with van der Waals surface area (Å²) < 4.78 is 2.14. The van der Waals surface area contributed by atoms with Crippen molar-refractivity contribution in [1.29, 1.82) is 0 Å². The quantitative estimate of drug-likeness (QED) is 0.571.